The third-order valence-corrected chi connectivity index (χ3v) is 6.70. The van der Waals surface area contributed by atoms with Gasteiger partial charge in [0.2, 0.25) is 0 Å². The van der Waals surface area contributed by atoms with Crippen molar-refractivity contribution < 1.29 is 14.6 Å². The van der Waals surface area contributed by atoms with Crippen molar-refractivity contribution in [2.75, 3.05) is 7.11 Å². The van der Waals surface area contributed by atoms with Gasteiger partial charge < -0.3 is 9.84 Å². The second-order valence-corrected chi connectivity index (χ2v) is 7.60. The molecule has 1 fully saturated rings. The number of aryl methyl sites for hydroxylation is 1. The molecule has 0 bridgehead atoms. The number of rotatable bonds is 1. The highest BCUT2D eigenvalue weighted by molar-refractivity contribution is 5.90. The zero-order valence-corrected chi connectivity index (χ0v) is 13.8. The monoisotopic (exact) mass is 312 g/mol. The molecule has 3 aliphatic carbocycles. The average Bonchev–Trinajstić information content (AvgIpc) is 2.90. The van der Waals surface area contributed by atoms with Gasteiger partial charge in [0, 0.05) is 11.0 Å². The molecule has 0 aromatic heterocycles. The van der Waals surface area contributed by atoms with Gasteiger partial charge >= 0.3 is 5.97 Å². The van der Waals surface area contributed by atoms with E-state index in [1.807, 2.05) is 12.1 Å². The number of carbonyl (C=O) groups is 1. The van der Waals surface area contributed by atoms with Crippen LogP contribution in [0.5, 0.6) is 5.75 Å². The Labute approximate surface area is 137 Å². The molecule has 0 unspecified atom stereocenters. The molecule has 23 heavy (non-hydrogen) atoms. The molecule has 1 saturated carbocycles. The molecule has 0 aliphatic heterocycles. The Bertz CT molecular complexity index is 690. The van der Waals surface area contributed by atoms with E-state index in [2.05, 4.69) is 19.1 Å². The van der Waals surface area contributed by atoms with Gasteiger partial charge in [0.25, 0.3) is 0 Å². The predicted octanol–water partition coefficient (Wildman–Crippen LogP) is 3.96. The van der Waals surface area contributed by atoms with Crippen LogP contribution in [-0.4, -0.2) is 18.2 Å². The molecule has 1 aromatic carbocycles. The SMILES string of the molecule is COC(=O)C1=CC[C@H]2[C@@H]3CCc4cc(O)ccc4[C@H]3CC[C@]12C. The summed E-state index contributed by atoms with van der Waals surface area (Å²) in [6, 6.07) is 5.88. The lowest BCUT2D eigenvalue weighted by atomic mass is 9.54. The molecule has 0 heterocycles. The van der Waals surface area contributed by atoms with Gasteiger partial charge in [-0.15, -0.1) is 0 Å². The minimum Gasteiger partial charge on any atom is -0.508 e. The number of carbonyl (C=O) groups excluding carboxylic acids is 1. The Kier molecular flexibility index (Phi) is 3.29. The van der Waals surface area contributed by atoms with Crippen molar-refractivity contribution in [2.45, 2.75) is 44.9 Å². The van der Waals surface area contributed by atoms with E-state index in [9.17, 15) is 9.90 Å². The molecule has 0 amide bonds. The molecule has 1 aromatic rings. The van der Waals surface area contributed by atoms with Crippen molar-refractivity contribution in [3.63, 3.8) is 0 Å². The number of methoxy groups -OCH3 is 1. The van der Waals surface area contributed by atoms with Crippen LogP contribution >= 0.6 is 0 Å². The number of hydrogen-bond acceptors (Lipinski definition) is 3. The fourth-order valence-corrected chi connectivity index (χ4v) is 5.56. The standard InChI is InChI=1S/C20H24O3/c1-20-10-9-15-14-6-4-13(21)11-12(14)3-5-16(15)17(20)7-8-18(20)19(22)23-2/h4,6,8,11,15-17,21H,3,5,7,9-10H2,1-2H3/t15-,16-,17+,20+/m1/s1. The maximum Gasteiger partial charge on any atom is 0.333 e. The molecule has 4 rings (SSSR count). The second-order valence-electron chi connectivity index (χ2n) is 7.60. The molecule has 1 N–H and O–H groups in total. The first kappa shape index (κ1) is 14.8. The predicted molar refractivity (Wildman–Crippen MR) is 88.2 cm³/mol. The molecule has 0 radical (unpaired) electrons. The first-order chi connectivity index (χ1) is 11.0. The topological polar surface area (TPSA) is 46.5 Å². The van der Waals surface area contributed by atoms with Crippen LogP contribution in [0.2, 0.25) is 0 Å². The van der Waals surface area contributed by atoms with E-state index >= 15 is 0 Å². The average molecular weight is 312 g/mol. The highest BCUT2D eigenvalue weighted by Gasteiger charge is 2.53. The number of esters is 1. The lowest BCUT2D eigenvalue weighted by Gasteiger charge is -2.49. The van der Waals surface area contributed by atoms with Gasteiger partial charge in [-0.3, -0.25) is 0 Å². The molecular formula is C20H24O3. The fraction of sp³-hybridized carbons (Fsp3) is 0.550. The first-order valence-electron chi connectivity index (χ1n) is 8.65. The summed E-state index contributed by atoms with van der Waals surface area (Å²) in [5, 5.41) is 9.74. The third-order valence-electron chi connectivity index (χ3n) is 6.70. The molecule has 3 heteroatoms. The number of aromatic hydroxyl groups is 1. The fourth-order valence-electron chi connectivity index (χ4n) is 5.56. The van der Waals surface area contributed by atoms with Crippen LogP contribution in [0.4, 0.5) is 0 Å². The van der Waals surface area contributed by atoms with E-state index in [0.29, 0.717) is 23.5 Å². The van der Waals surface area contributed by atoms with Crippen molar-refractivity contribution in [1.82, 2.24) is 0 Å². The number of phenols is 1. The van der Waals surface area contributed by atoms with E-state index in [0.717, 1.165) is 37.7 Å². The summed E-state index contributed by atoms with van der Waals surface area (Å²) in [6.45, 7) is 2.26. The zero-order valence-electron chi connectivity index (χ0n) is 13.8. The molecule has 3 aliphatic rings. The maximum absolute atomic E-state index is 12.2. The van der Waals surface area contributed by atoms with Crippen molar-refractivity contribution in [1.29, 1.82) is 0 Å². The largest absolute Gasteiger partial charge is 0.508 e. The van der Waals surface area contributed by atoms with E-state index in [1.165, 1.54) is 18.2 Å². The van der Waals surface area contributed by atoms with Gasteiger partial charge in [-0.2, -0.15) is 0 Å². The van der Waals surface area contributed by atoms with E-state index < -0.39 is 0 Å². The maximum atomic E-state index is 12.2. The summed E-state index contributed by atoms with van der Waals surface area (Å²) >= 11 is 0. The first-order valence-corrected chi connectivity index (χ1v) is 8.65. The molecule has 0 saturated heterocycles. The van der Waals surface area contributed by atoms with Crippen LogP contribution in [0, 0.1) is 17.3 Å². The van der Waals surface area contributed by atoms with Crippen LogP contribution in [-0.2, 0) is 16.0 Å². The number of phenolic OH excluding ortho intramolecular Hbond substituents is 1. The molecule has 3 nitrogen and oxygen atoms in total. The van der Waals surface area contributed by atoms with E-state index in [1.54, 1.807) is 0 Å². The lowest BCUT2D eigenvalue weighted by Crippen LogP contribution is -2.42. The summed E-state index contributed by atoms with van der Waals surface area (Å²) in [6.07, 6.45) is 7.47. The Morgan fingerprint density at radius 3 is 2.96 bits per heavy atom. The van der Waals surface area contributed by atoms with Gasteiger partial charge in [0.05, 0.1) is 7.11 Å². The highest BCUT2D eigenvalue weighted by Crippen LogP contribution is 2.61. The third kappa shape index (κ3) is 2.05. The molecule has 122 valence electrons. The Balaban J connectivity index is 1.67. The van der Waals surface area contributed by atoms with Gasteiger partial charge in [-0.1, -0.05) is 19.1 Å². The second kappa shape index (κ2) is 5.12. The van der Waals surface area contributed by atoms with Crippen molar-refractivity contribution in [3.8, 4) is 5.75 Å². The summed E-state index contributed by atoms with van der Waals surface area (Å²) in [7, 11) is 1.48. The van der Waals surface area contributed by atoms with E-state index in [4.69, 9.17) is 4.74 Å². The number of hydrogen-bond donors (Lipinski definition) is 1. The van der Waals surface area contributed by atoms with Crippen LogP contribution < -0.4 is 0 Å². The normalized spacial score (nSPS) is 34.9. The zero-order chi connectivity index (χ0) is 16.2. The Morgan fingerprint density at radius 1 is 1.35 bits per heavy atom. The summed E-state index contributed by atoms with van der Waals surface area (Å²) < 4.78 is 5.02. The van der Waals surface area contributed by atoms with Crippen molar-refractivity contribution in [2.24, 2.45) is 17.3 Å². The van der Waals surface area contributed by atoms with Crippen LogP contribution in [0.1, 0.15) is 49.7 Å². The number of fused-ring (bicyclic) bond motifs is 5. The molecule has 4 atom stereocenters. The highest BCUT2D eigenvalue weighted by atomic mass is 16.5. The van der Waals surface area contributed by atoms with Crippen LogP contribution in [0.25, 0.3) is 0 Å². The van der Waals surface area contributed by atoms with Crippen molar-refractivity contribution >= 4 is 5.97 Å². The Morgan fingerprint density at radius 2 is 2.17 bits per heavy atom. The minimum atomic E-state index is -0.144. The summed E-state index contributed by atoms with van der Waals surface area (Å²) in [5.74, 6) is 1.97. The number of ether oxygens (including phenoxy) is 1. The smallest absolute Gasteiger partial charge is 0.333 e. The lowest BCUT2D eigenvalue weighted by molar-refractivity contribution is -0.138. The minimum absolute atomic E-state index is 0.0251. The quantitative estimate of drug-likeness (QED) is 0.799. The Hall–Kier alpha value is -1.77. The van der Waals surface area contributed by atoms with Crippen LogP contribution in [0.15, 0.2) is 29.8 Å². The number of allylic oxidation sites excluding steroid dienone is 1. The molecular weight excluding hydrogens is 288 g/mol. The molecule has 0 spiro atoms. The van der Waals surface area contributed by atoms with E-state index in [-0.39, 0.29) is 11.4 Å². The van der Waals surface area contributed by atoms with Gasteiger partial charge in [-0.25, -0.2) is 4.79 Å². The summed E-state index contributed by atoms with van der Waals surface area (Å²) in [4.78, 5) is 12.2. The van der Waals surface area contributed by atoms with Crippen LogP contribution in [0.3, 0.4) is 0 Å². The summed E-state index contributed by atoms with van der Waals surface area (Å²) in [5.41, 5.74) is 3.62. The van der Waals surface area contributed by atoms with Gasteiger partial charge in [0.15, 0.2) is 0 Å². The van der Waals surface area contributed by atoms with Gasteiger partial charge in [0.1, 0.15) is 5.75 Å². The van der Waals surface area contributed by atoms with Gasteiger partial charge in [-0.05, 0) is 73.1 Å². The van der Waals surface area contributed by atoms with Crippen molar-refractivity contribution in [3.05, 3.63) is 41.0 Å². The number of benzene rings is 1.